The van der Waals surface area contributed by atoms with Gasteiger partial charge < -0.3 is 15.7 Å². The average molecular weight is 363 g/mol. The van der Waals surface area contributed by atoms with Crippen molar-refractivity contribution in [3.63, 3.8) is 0 Å². The molecule has 0 unspecified atom stereocenters. The molecule has 0 radical (unpaired) electrons. The minimum absolute atomic E-state index is 0.263. The molecular weight excluding hydrogens is 338 g/mol. The van der Waals surface area contributed by atoms with Crippen LogP contribution < -0.4 is 10.6 Å². The molecule has 0 saturated heterocycles. The van der Waals surface area contributed by atoms with Gasteiger partial charge in [0, 0.05) is 25.5 Å². The molecule has 2 aromatic carbocycles. The summed E-state index contributed by atoms with van der Waals surface area (Å²) in [5.74, 6) is 1.04. The van der Waals surface area contributed by atoms with E-state index in [-0.39, 0.29) is 5.75 Å². The van der Waals surface area contributed by atoms with Crippen LogP contribution in [0.2, 0.25) is 0 Å². The Morgan fingerprint density at radius 2 is 1.93 bits per heavy atom. The van der Waals surface area contributed by atoms with Gasteiger partial charge in [-0.3, -0.25) is 0 Å². The fourth-order valence-electron chi connectivity index (χ4n) is 2.73. The maximum absolute atomic E-state index is 9.54. The van der Waals surface area contributed by atoms with Gasteiger partial charge in [-0.25, -0.2) is 9.67 Å². The summed E-state index contributed by atoms with van der Waals surface area (Å²) in [5, 5.41) is 20.4. The highest BCUT2D eigenvalue weighted by atomic mass is 16.3. The van der Waals surface area contributed by atoms with E-state index in [1.165, 1.54) is 5.56 Å². The molecule has 3 N–H and O–H groups in total. The number of rotatable bonds is 7. The van der Waals surface area contributed by atoms with E-state index in [1.54, 1.807) is 18.3 Å². The zero-order valence-corrected chi connectivity index (χ0v) is 15.5. The monoisotopic (exact) mass is 363 g/mol. The first-order valence-corrected chi connectivity index (χ1v) is 9.13. The molecule has 140 valence electrons. The number of benzene rings is 2. The van der Waals surface area contributed by atoms with E-state index in [4.69, 9.17) is 0 Å². The van der Waals surface area contributed by atoms with E-state index < -0.39 is 0 Å². The Balaban J connectivity index is 1.52. The van der Waals surface area contributed by atoms with E-state index >= 15 is 0 Å². The van der Waals surface area contributed by atoms with Gasteiger partial charge in [-0.2, -0.15) is 5.10 Å². The highest BCUT2D eigenvalue weighted by Crippen LogP contribution is 2.11. The van der Waals surface area contributed by atoms with Crippen molar-refractivity contribution in [3.8, 4) is 11.4 Å². The van der Waals surface area contributed by atoms with Crippen molar-refractivity contribution >= 4 is 5.96 Å². The minimum atomic E-state index is 0.263. The molecule has 0 bridgehead atoms. The van der Waals surface area contributed by atoms with Crippen LogP contribution in [0, 0.1) is 0 Å². The average Bonchev–Trinajstić information content (AvgIpc) is 3.21. The number of guanidine groups is 1. The predicted molar refractivity (Wildman–Crippen MR) is 108 cm³/mol. The van der Waals surface area contributed by atoms with Crippen molar-refractivity contribution in [1.29, 1.82) is 0 Å². The van der Waals surface area contributed by atoms with Crippen molar-refractivity contribution in [2.24, 2.45) is 4.99 Å². The van der Waals surface area contributed by atoms with Crippen LogP contribution in [0.25, 0.3) is 5.69 Å². The summed E-state index contributed by atoms with van der Waals surface area (Å²) < 4.78 is 1.85. The van der Waals surface area contributed by atoms with Crippen molar-refractivity contribution in [1.82, 2.24) is 20.4 Å². The third kappa shape index (κ3) is 5.60. The lowest BCUT2D eigenvalue weighted by Gasteiger charge is -2.11. The maximum atomic E-state index is 9.54. The number of hydrogen-bond acceptors (Lipinski definition) is 3. The summed E-state index contributed by atoms with van der Waals surface area (Å²) in [5.41, 5.74) is 3.28. The van der Waals surface area contributed by atoms with E-state index in [9.17, 15) is 5.11 Å². The zero-order chi connectivity index (χ0) is 18.9. The van der Waals surface area contributed by atoms with Gasteiger partial charge in [0.25, 0.3) is 0 Å². The number of aromatic hydroxyl groups is 1. The van der Waals surface area contributed by atoms with Gasteiger partial charge in [0.2, 0.25) is 0 Å². The molecule has 0 fully saturated rings. The van der Waals surface area contributed by atoms with E-state index in [2.05, 4.69) is 45.0 Å². The highest BCUT2D eigenvalue weighted by Gasteiger charge is 2.00. The lowest BCUT2D eigenvalue weighted by Crippen LogP contribution is -2.38. The maximum Gasteiger partial charge on any atom is 0.191 e. The number of phenols is 1. The molecular formula is C21H25N5O. The largest absolute Gasteiger partial charge is 0.508 e. The molecule has 6 nitrogen and oxygen atoms in total. The number of nitrogens with zero attached hydrogens (tertiary/aromatic N) is 3. The predicted octanol–water partition coefficient (Wildman–Crippen LogP) is 2.88. The van der Waals surface area contributed by atoms with Gasteiger partial charge in [-0.1, -0.05) is 24.3 Å². The second-order valence-electron chi connectivity index (χ2n) is 6.16. The van der Waals surface area contributed by atoms with Crippen molar-refractivity contribution in [3.05, 3.63) is 78.1 Å². The Hall–Kier alpha value is -3.28. The van der Waals surface area contributed by atoms with Gasteiger partial charge in [-0.15, -0.1) is 0 Å². The molecule has 1 aromatic heterocycles. The lowest BCUT2D eigenvalue weighted by molar-refractivity contribution is 0.474. The summed E-state index contributed by atoms with van der Waals surface area (Å²) in [4.78, 5) is 4.58. The fraction of sp³-hybridized carbons (Fsp3) is 0.238. The van der Waals surface area contributed by atoms with Gasteiger partial charge in [0.05, 0.1) is 12.2 Å². The highest BCUT2D eigenvalue weighted by molar-refractivity contribution is 5.79. The molecule has 1 heterocycles. The first kappa shape index (κ1) is 18.5. The zero-order valence-electron chi connectivity index (χ0n) is 15.5. The molecule has 0 aliphatic carbocycles. The summed E-state index contributed by atoms with van der Waals surface area (Å²) in [6.07, 6.45) is 4.61. The van der Waals surface area contributed by atoms with Crippen LogP contribution in [0.4, 0.5) is 0 Å². The Morgan fingerprint density at radius 1 is 1.07 bits per heavy atom. The molecule has 0 aliphatic heterocycles. The van der Waals surface area contributed by atoms with E-state index in [0.717, 1.165) is 36.7 Å². The molecule has 3 aromatic rings. The van der Waals surface area contributed by atoms with Gasteiger partial charge in [0.15, 0.2) is 5.96 Å². The van der Waals surface area contributed by atoms with Crippen molar-refractivity contribution < 1.29 is 5.11 Å². The third-order valence-electron chi connectivity index (χ3n) is 4.09. The summed E-state index contributed by atoms with van der Waals surface area (Å²) in [7, 11) is 0. The van der Waals surface area contributed by atoms with Crippen LogP contribution in [0.15, 0.2) is 72.0 Å². The normalized spacial score (nSPS) is 11.4. The molecule has 0 spiro atoms. The Kier molecular flexibility index (Phi) is 6.46. The van der Waals surface area contributed by atoms with Crippen molar-refractivity contribution in [2.45, 2.75) is 19.9 Å². The second-order valence-corrected chi connectivity index (χ2v) is 6.16. The molecule has 6 heteroatoms. The van der Waals surface area contributed by atoms with Crippen LogP contribution in [0.3, 0.4) is 0 Å². The number of nitrogens with one attached hydrogen (secondary N) is 2. The number of aliphatic imine (C=N–C) groups is 1. The van der Waals surface area contributed by atoms with Gasteiger partial charge >= 0.3 is 0 Å². The third-order valence-corrected chi connectivity index (χ3v) is 4.09. The molecule has 0 saturated carbocycles. The lowest BCUT2D eigenvalue weighted by atomic mass is 10.1. The summed E-state index contributed by atoms with van der Waals surface area (Å²) >= 11 is 0. The fourth-order valence-corrected chi connectivity index (χ4v) is 2.73. The molecule has 27 heavy (non-hydrogen) atoms. The van der Waals surface area contributed by atoms with Crippen LogP contribution >= 0.6 is 0 Å². The van der Waals surface area contributed by atoms with E-state index in [0.29, 0.717) is 6.54 Å². The molecule has 0 aliphatic rings. The first-order valence-electron chi connectivity index (χ1n) is 9.13. The van der Waals surface area contributed by atoms with Crippen LogP contribution in [-0.4, -0.2) is 33.9 Å². The van der Waals surface area contributed by atoms with Gasteiger partial charge in [0.1, 0.15) is 5.75 Å². The number of aromatic nitrogens is 2. The molecule has 3 rings (SSSR count). The van der Waals surface area contributed by atoms with Crippen LogP contribution in [0.1, 0.15) is 18.1 Å². The first-order chi connectivity index (χ1) is 13.2. The van der Waals surface area contributed by atoms with Gasteiger partial charge in [-0.05, 0) is 54.8 Å². The van der Waals surface area contributed by atoms with Crippen LogP contribution in [-0.2, 0) is 13.0 Å². The summed E-state index contributed by atoms with van der Waals surface area (Å²) in [6.45, 7) is 4.14. The standard InChI is InChI=1S/C21H25N5O/c1-2-22-21(24-16-18-5-3-6-20(27)15-18)23-13-11-17-7-9-19(10-8-17)26-14-4-12-25-26/h3-10,12,14-15,27H,2,11,13,16H2,1H3,(H2,22,23,24). The molecule has 0 atom stereocenters. The Labute approximate surface area is 159 Å². The minimum Gasteiger partial charge on any atom is -0.508 e. The second kappa shape index (κ2) is 9.43. The Morgan fingerprint density at radius 3 is 2.63 bits per heavy atom. The van der Waals surface area contributed by atoms with Crippen LogP contribution in [0.5, 0.6) is 5.75 Å². The smallest absolute Gasteiger partial charge is 0.191 e. The van der Waals surface area contributed by atoms with Crippen molar-refractivity contribution in [2.75, 3.05) is 13.1 Å². The number of phenolic OH excluding ortho intramolecular Hbond substituents is 1. The number of hydrogen-bond donors (Lipinski definition) is 3. The topological polar surface area (TPSA) is 74.5 Å². The SMILES string of the molecule is CCNC(=NCc1cccc(O)c1)NCCc1ccc(-n2cccn2)cc1. The molecule has 0 amide bonds. The summed E-state index contributed by atoms with van der Waals surface area (Å²) in [6, 6.07) is 17.5. The van der Waals surface area contributed by atoms with E-state index in [1.807, 2.05) is 36.0 Å². The Bertz CT molecular complexity index is 857. The quantitative estimate of drug-likeness (QED) is 0.446.